The van der Waals surface area contributed by atoms with Crippen LogP contribution >= 0.6 is 0 Å². The van der Waals surface area contributed by atoms with Crippen molar-refractivity contribution in [1.29, 1.82) is 0 Å². The van der Waals surface area contributed by atoms with Crippen LogP contribution in [0.2, 0.25) is 0 Å². The smallest absolute Gasteiger partial charge is 0.221 e. The molecular formula is C22H23N5O. The van der Waals surface area contributed by atoms with E-state index in [1.54, 1.807) is 0 Å². The van der Waals surface area contributed by atoms with Crippen LogP contribution in [0.5, 0.6) is 0 Å². The molecule has 1 aliphatic heterocycles. The number of fused-ring (bicyclic) bond motifs is 1. The molecule has 4 rings (SSSR count). The molecule has 0 saturated carbocycles. The maximum atomic E-state index is 11.3. The number of nitrogens with one attached hydrogen (secondary N) is 2. The molecule has 0 atom stereocenters. The number of aryl methyl sites for hydroxylation is 2. The lowest BCUT2D eigenvalue weighted by molar-refractivity contribution is -0.114. The van der Waals surface area contributed by atoms with E-state index in [9.17, 15) is 4.79 Å². The van der Waals surface area contributed by atoms with Gasteiger partial charge in [-0.3, -0.25) is 4.79 Å². The molecule has 2 N–H and O–H groups in total. The van der Waals surface area contributed by atoms with Gasteiger partial charge in [-0.15, -0.1) is 0 Å². The first-order valence-electron chi connectivity index (χ1n) is 9.44. The molecule has 0 unspecified atom stereocenters. The molecule has 0 aliphatic carbocycles. The number of carbonyl (C=O) groups excluding carboxylic acids is 1. The minimum absolute atomic E-state index is 0.0962. The topological polar surface area (TPSA) is 70.2 Å². The van der Waals surface area contributed by atoms with Gasteiger partial charge >= 0.3 is 0 Å². The molecule has 6 heteroatoms. The highest BCUT2D eigenvalue weighted by atomic mass is 16.1. The van der Waals surface area contributed by atoms with Crippen molar-refractivity contribution in [3.8, 4) is 0 Å². The van der Waals surface area contributed by atoms with E-state index >= 15 is 0 Å². The van der Waals surface area contributed by atoms with Gasteiger partial charge in [-0.25, -0.2) is 9.97 Å². The molecule has 2 heterocycles. The summed E-state index contributed by atoms with van der Waals surface area (Å²) in [6.45, 7) is 4.33. The largest absolute Gasteiger partial charge is 0.340 e. The third-order valence-corrected chi connectivity index (χ3v) is 4.67. The molecule has 0 bridgehead atoms. The monoisotopic (exact) mass is 373 g/mol. The van der Waals surface area contributed by atoms with E-state index in [1.807, 2.05) is 37.3 Å². The first kappa shape index (κ1) is 18.0. The zero-order valence-corrected chi connectivity index (χ0v) is 16.1. The lowest BCUT2D eigenvalue weighted by atomic mass is 10.0. The summed E-state index contributed by atoms with van der Waals surface area (Å²) in [4.78, 5) is 22.8. The van der Waals surface area contributed by atoms with Gasteiger partial charge in [0.2, 0.25) is 5.91 Å². The first-order valence-corrected chi connectivity index (χ1v) is 9.44. The summed E-state index contributed by atoms with van der Waals surface area (Å²) < 4.78 is 0. The molecule has 0 spiro atoms. The van der Waals surface area contributed by atoms with E-state index in [0.717, 1.165) is 42.4 Å². The van der Waals surface area contributed by atoms with Crippen LogP contribution in [0.1, 0.15) is 24.7 Å². The van der Waals surface area contributed by atoms with Crippen molar-refractivity contribution in [2.24, 2.45) is 0 Å². The van der Waals surface area contributed by atoms with Crippen LogP contribution < -0.4 is 15.5 Å². The van der Waals surface area contributed by atoms with Crippen molar-refractivity contribution in [1.82, 2.24) is 9.97 Å². The van der Waals surface area contributed by atoms with Gasteiger partial charge < -0.3 is 15.5 Å². The number of nitrogens with zero attached hydrogens (tertiary/aromatic N) is 3. The van der Waals surface area contributed by atoms with E-state index in [4.69, 9.17) is 0 Å². The third kappa shape index (κ3) is 3.96. The Kier molecular flexibility index (Phi) is 4.93. The number of rotatable bonds is 4. The van der Waals surface area contributed by atoms with Gasteiger partial charge in [0.1, 0.15) is 17.5 Å². The van der Waals surface area contributed by atoms with E-state index in [2.05, 4.69) is 49.8 Å². The minimum Gasteiger partial charge on any atom is -0.340 e. The molecule has 0 fully saturated rings. The highest BCUT2D eigenvalue weighted by molar-refractivity contribution is 5.89. The molecular weight excluding hydrogens is 350 g/mol. The number of benzene rings is 2. The standard InChI is InChI=1S/C22H23N5O/c1-15-23-21(26-19-10-5-9-18(13-19)25-16(2)28)14-22(24-15)27-12-6-8-17-7-3-4-11-20(17)27/h3-5,7,9-11,13-14H,6,8,12H2,1-2H3,(H,25,28)(H,23,24,26). The van der Waals surface area contributed by atoms with E-state index < -0.39 is 0 Å². The number of aromatic nitrogens is 2. The van der Waals surface area contributed by atoms with Gasteiger partial charge in [0.15, 0.2) is 0 Å². The fourth-order valence-electron chi connectivity index (χ4n) is 3.55. The second-order valence-corrected chi connectivity index (χ2v) is 6.93. The fourth-order valence-corrected chi connectivity index (χ4v) is 3.55. The molecule has 1 aliphatic rings. The Hall–Kier alpha value is -3.41. The van der Waals surface area contributed by atoms with Crippen molar-refractivity contribution in [3.05, 3.63) is 66.0 Å². The number of hydrogen-bond acceptors (Lipinski definition) is 5. The van der Waals surface area contributed by atoms with Crippen molar-refractivity contribution in [2.45, 2.75) is 26.7 Å². The summed E-state index contributed by atoms with van der Waals surface area (Å²) in [5.74, 6) is 2.23. The summed E-state index contributed by atoms with van der Waals surface area (Å²) >= 11 is 0. The maximum Gasteiger partial charge on any atom is 0.221 e. The number of anilines is 5. The average molecular weight is 373 g/mol. The van der Waals surface area contributed by atoms with Crippen LogP contribution in [-0.2, 0) is 11.2 Å². The molecule has 0 radical (unpaired) electrons. The Bertz CT molecular complexity index is 1020. The number of amides is 1. The van der Waals surface area contributed by atoms with Crippen molar-refractivity contribution < 1.29 is 4.79 Å². The third-order valence-electron chi connectivity index (χ3n) is 4.67. The van der Waals surface area contributed by atoms with Gasteiger partial charge in [0.25, 0.3) is 0 Å². The quantitative estimate of drug-likeness (QED) is 0.701. The molecule has 1 amide bonds. The number of hydrogen-bond donors (Lipinski definition) is 2. The Balaban J connectivity index is 1.63. The van der Waals surface area contributed by atoms with Gasteiger partial charge in [0, 0.05) is 36.6 Å². The molecule has 28 heavy (non-hydrogen) atoms. The van der Waals surface area contributed by atoms with Gasteiger partial charge in [-0.05, 0) is 49.6 Å². The molecule has 2 aromatic carbocycles. The Morgan fingerprint density at radius 2 is 1.86 bits per heavy atom. The summed E-state index contributed by atoms with van der Waals surface area (Å²) in [5, 5.41) is 6.13. The van der Waals surface area contributed by atoms with E-state index in [0.29, 0.717) is 5.82 Å². The molecule has 1 aromatic heterocycles. The van der Waals surface area contributed by atoms with Crippen molar-refractivity contribution in [3.63, 3.8) is 0 Å². The van der Waals surface area contributed by atoms with Gasteiger partial charge in [0.05, 0.1) is 0 Å². The number of para-hydroxylation sites is 1. The van der Waals surface area contributed by atoms with Crippen LogP contribution in [0.15, 0.2) is 54.6 Å². The second-order valence-electron chi connectivity index (χ2n) is 6.93. The zero-order valence-electron chi connectivity index (χ0n) is 16.1. The van der Waals surface area contributed by atoms with Crippen molar-refractivity contribution in [2.75, 3.05) is 22.1 Å². The summed E-state index contributed by atoms with van der Waals surface area (Å²) in [5.41, 5.74) is 4.16. The SMILES string of the molecule is CC(=O)Nc1cccc(Nc2cc(N3CCCc4ccccc43)nc(C)n2)c1. The van der Waals surface area contributed by atoms with E-state index in [-0.39, 0.29) is 5.91 Å². The summed E-state index contributed by atoms with van der Waals surface area (Å²) in [6.07, 6.45) is 2.19. The predicted molar refractivity (Wildman–Crippen MR) is 113 cm³/mol. The first-order chi connectivity index (χ1) is 13.6. The van der Waals surface area contributed by atoms with Crippen LogP contribution in [0.4, 0.5) is 28.7 Å². The maximum absolute atomic E-state index is 11.3. The van der Waals surface area contributed by atoms with Crippen molar-refractivity contribution >= 4 is 34.6 Å². The highest BCUT2D eigenvalue weighted by Gasteiger charge is 2.19. The Morgan fingerprint density at radius 1 is 1.04 bits per heavy atom. The lowest BCUT2D eigenvalue weighted by Gasteiger charge is -2.30. The zero-order chi connectivity index (χ0) is 19.5. The summed E-state index contributed by atoms with van der Waals surface area (Å²) in [7, 11) is 0. The minimum atomic E-state index is -0.0962. The molecule has 6 nitrogen and oxygen atoms in total. The Labute approximate surface area is 164 Å². The normalized spacial score (nSPS) is 13.0. The van der Waals surface area contributed by atoms with Gasteiger partial charge in [-0.1, -0.05) is 24.3 Å². The lowest BCUT2D eigenvalue weighted by Crippen LogP contribution is -2.25. The summed E-state index contributed by atoms with van der Waals surface area (Å²) in [6, 6.07) is 18.0. The number of carbonyl (C=O) groups is 1. The molecule has 3 aromatic rings. The van der Waals surface area contributed by atoms with Crippen LogP contribution in [0.3, 0.4) is 0 Å². The molecule has 0 saturated heterocycles. The molecule has 142 valence electrons. The fraction of sp³-hybridized carbons (Fsp3) is 0.227. The van der Waals surface area contributed by atoms with Crippen LogP contribution in [0, 0.1) is 6.92 Å². The Morgan fingerprint density at radius 3 is 2.71 bits per heavy atom. The van der Waals surface area contributed by atoms with E-state index in [1.165, 1.54) is 18.2 Å². The van der Waals surface area contributed by atoms with Crippen LogP contribution in [0.25, 0.3) is 0 Å². The van der Waals surface area contributed by atoms with Gasteiger partial charge in [-0.2, -0.15) is 0 Å². The van der Waals surface area contributed by atoms with Crippen LogP contribution in [-0.4, -0.2) is 22.4 Å². The highest BCUT2D eigenvalue weighted by Crippen LogP contribution is 2.33. The predicted octanol–water partition coefficient (Wildman–Crippen LogP) is 4.57. The average Bonchev–Trinajstić information content (AvgIpc) is 2.67. The second kappa shape index (κ2) is 7.68.